The minimum atomic E-state index is 0.566. The van der Waals surface area contributed by atoms with Crippen molar-refractivity contribution >= 4 is 23.2 Å². The van der Waals surface area contributed by atoms with Gasteiger partial charge in [0.1, 0.15) is 0 Å². The van der Waals surface area contributed by atoms with E-state index in [4.69, 9.17) is 23.2 Å². The Bertz CT molecular complexity index is 351. The van der Waals surface area contributed by atoms with Crippen LogP contribution >= 0.6 is 23.2 Å². The molecule has 1 saturated heterocycles. The van der Waals surface area contributed by atoms with Crippen LogP contribution in [0.2, 0.25) is 10.0 Å². The number of rotatable bonds is 1. The second-order valence-electron chi connectivity index (χ2n) is 4.24. The molecule has 1 nitrogen and oxygen atoms in total. The van der Waals surface area contributed by atoms with Crippen molar-refractivity contribution < 1.29 is 0 Å². The Kier molecular flexibility index (Phi) is 3.55. The lowest BCUT2D eigenvalue weighted by atomic mass is 9.82. The van der Waals surface area contributed by atoms with E-state index < -0.39 is 0 Å². The minimum Gasteiger partial charge on any atom is -0.316 e. The van der Waals surface area contributed by atoms with Gasteiger partial charge < -0.3 is 5.32 Å². The summed E-state index contributed by atoms with van der Waals surface area (Å²) in [6.45, 7) is 4.42. The van der Waals surface area contributed by atoms with Gasteiger partial charge in [-0.25, -0.2) is 0 Å². The number of hydrogen-bond acceptors (Lipinski definition) is 1. The van der Waals surface area contributed by atoms with E-state index in [1.165, 1.54) is 5.56 Å². The zero-order valence-corrected chi connectivity index (χ0v) is 10.3. The number of piperidine rings is 1. The Labute approximate surface area is 101 Å². The van der Waals surface area contributed by atoms with Gasteiger partial charge in [-0.15, -0.1) is 0 Å². The quantitative estimate of drug-likeness (QED) is 0.794. The van der Waals surface area contributed by atoms with Crippen molar-refractivity contribution in [2.24, 2.45) is 5.92 Å². The smallest absolute Gasteiger partial charge is 0.0455 e. The summed E-state index contributed by atoms with van der Waals surface area (Å²) in [4.78, 5) is 0. The molecular weight excluding hydrogens is 229 g/mol. The molecule has 0 bridgehead atoms. The van der Waals surface area contributed by atoms with Gasteiger partial charge in [0.2, 0.25) is 0 Å². The summed E-state index contributed by atoms with van der Waals surface area (Å²) in [5.41, 5.74) is 1.25. The third kappa shape index (κ3) is 2.47. The lowest BCUT2D eigenvalue weighted by Gasteiger charge is -2.30. The van der Waals surface area contributed by atoms with Crippen LogP contribution in [0.1, 0.15) is 24.8 Å². The average molecular weight is 244 g/mol. The van der Waals surface area contributed by atoms with Gasteiger partial charge >= 0.3 is 0 Å². The van der Waals surface area contributed by atoms with Gasteiger partial charge in [0, 0.05) is 10.0 Å². The zero-order valence-electron chi connectivity index (χ0n) is 8.76. The van der Waals surface area contributed by atoms with E-state index >= 15 is 0 Å². The summed E-state index contributed by atoms with van der Waals surface area (Å²) in [6, 6.07) is 5.84. The summed E-state index contributed by atoms with van der Waals surface area (Å²) in [5, 5.41) is 4.92. The summed E-state index contributed by atoms with van der Waals surface area (Å²) in [7, 11) is 0. The first-order chi connectivity index (χ1) is 7.18. The Hall–Kier alpha value is -0.240. The van der Waals surface area contributed by atoms with Crippen LogP contribution in [-0.4, -0.2) is 13.1 Å². The van der Waals surface area contributed by atoms with E-state index in [2.05, 4.69) is 18.3 Å². The third-order valence-electron chi connectivity index (χ3n) is 3.15. The maximum Gasteiger partial charge on any atom is 0.0455 e. The molecule has 1 aliphatic heterocycles. The van der Waals surface area contributed by atoms with Crippen LogP contribution in [0.3, 0.4) is 0 Å². The fourth-order valence-corrected chi connectivity index (χ4v) is 2.83. The van der Waals surface area contributed by atoms with Crippen LogP contribution in [0.25, 0.3) is 0 Å². The first-order valence-electron chi connectivity index (χ1n) is 5.34. The normalized spacial score (nSPS) is 26.6. The van der Waals surface area contributed by atoms with Crippen LogP contribution < -0.4 is 5.32 Å². The van der Waals surface area contributed by atoms with Crippen LogP contribution in [0.4, 0.5) is 0 Å². The molecule has 0 aliphatic carbocycles. The molecule has 1 aliphatic rings. The highest BCUT2D eigenvalue weighted by molar-refractivity contribution is 6.35. The largest absolute Gasteiger partial charge is 0.316 e. The SMILES string of the molecule is CC1CNCCC1c1ccc(Cl)cc1Cl. The highest BCUT2D eigenvalue weighted by Crippen LogP contribution is 2.35. The molecule has 0 amide bonds. The van der Waals surface area contributed by atoms with Crippen molar-refractivity contribution in [1.82, 2.24) is 5.32 Å². The van der Waals surface area contributed by atoms with Gasteiger partial charge in [0.25, 0.3) is 0 Å². The van der Waals surface area contributed by atoms with Crippen molar-refractivity contribution in [1.29, 1.82) is 0 Å². The predicted octanol–water partition coefficient (Wildman–Crippen LogP) is 3.71. The van der Waals surface area contributed by atoms with E-state index in [9.17, 15) is 0 Å². The van der Waals surface area contributed by atoms with Gasteiger partial charge in [-0.2, -0.15) is 0 Å². The van der Waals surface area contributed by atoms with Crippen LogP contribution in [0, 0.1) is 5.92 Å². The molecule has 15 heavy (non-hydrogen) atoms. The summed E-state index contributed by atoms with van der Waals surface area (Å²) in [5.74, 6) is 1.20. The first-order valence-corrected chi connectivity index (χ1v) is 6.09. The summed E-state index contributed by atoms with van der Waals surface area (Å²) >= 11 is 12.1. The second-order valence-corrected chi connectivity index (χ2v) is 5.09. The number of nitrogens with one attached hydrogen (secondary N) is 1. The van der Waals surface area contributed by atoms with E-state index in [0.29, 0.717) is 16.9 Å². The number of hydrogen-bond donors (Lipinski definition) is 1. The topological polar surface area (TPSA) is 12.0 Å². The Morgan fingerprint density at radius 3 is 2.80 bits per heavy atom. The monoisotopic (exact) mass is 243 g/mol. The fraction of sp³-hybridized carbons (Fsp3) is 0.500. The summed E-state index contributed by atoms with van der Waals surface area (Å²) in [6.07, 6.45) is 1.16. The molecule has 82 valence electrons. The van der Waals surface area contributed by atoms with Gasteiger partial charge in [-0.05, 0) is 49.0 Å². The van der Waals surface area contributed by atoms with E-state index in [0.717, 1.165) is 24.5 Å². The molecule has 2 atom stereocenters. The molecule has 3 heteroatoms. The third-order valence-corrected chi connectivity index (χ3v) is 3.71. The van der Waals surface area contributed by atoms with Crippen molar-refractivity contribution in [3.63, 3.8) is 0 Å². The maximum atomic E-state index is 6.22. The molecule has 1 N–H and O–H groups in total. The van der Waals surface area contributed by atoms with E-state index in [1.807, 2.05) is 12.1 Å². The fourth-order valence-electron chi connectivity index (χ4n) is 2.28. The van der Waals surface area contributed by atoms with E-state index in [-0.39, 0.29) is 0 Å². The zero-order chi connectivity index (χ0) is 10.8. The highest BCUT2D eigenvalue weighted by atomic mass is 35.5. The highest BCUT2D eigenvalue weighted by Gasteiger charge is 2.24. The molecule has 0 saturated carbocycles. The molecule has 2 rings (SSSR count). The van der Waals surface area contributed by atoms with Crippen LogP contribution in [0.5, 0.6) is 0 Å². The van der Waals surface area contributed by atoms with Crippen LogP contribution in [0.15, 0.2) is 18.2 Å². The lowest BCUT2D eigenvalue weighted by Crippen LogP contribution is -2.33. The predicted molar refractivity (Wildman–Crippen MR) is 65.9 cm³/mol. The standard InChI is InChI=1S/C12H15Cl2N/c1-8-7-15-5-4-10(8)11-3-2-9(13)6-12(11)14/h2-3,6,8,10,15H,4-5,7H2,1H3. The average Bonchev–Trinajstić information content (AvgIpc) is 2.20. The summed E-state index contributed by atoms with van der Waals surface area (Å²) < 4.78 is 0. The molecule has 0 radical (unpaired) electrons. The number of halogens is 2. The Morgan fingerprint density at radius 1 is 1.33 bits per heavy atom. The van der Waals surface area contributed by atoms with Gasteiger partial charge in [-0.1, -0.05) is 36.2 Å². The molecule has 1 heterocycles. The molecular formula is C12H15Cl2N. The minimum absolute atomic E-state index is 0.566. The second kappa shape index (κ2) is 4.73. The van der Waals surface area contributed by atoms with Crippen molar-refractivity contribution in [3.05, 3.63) is 33.8 Å². The van der Waals surface area contributed by atoms with Gasteiger partial charge in [0.15, 0.2) is 0 Å². The number of benzene rings is 1. The lowest BCUT2D eigenvalue weighted by molar-refractivity contribution is 0.349. The molecule has 0 aromatic heterocycles. The van der Waals surface area contributed by atoms with Crippen molar-refractivity contribution in [2.75, 3.05) is 13.1 Å². The Balaban J connectivity index is 2.27. The van der Waals surface area contributed by atoms with Gasteiger partial charge in [-0.3, -0.25) is 0 Å². The van der Waals surface area contributed by atoms with Gasteiger partial charge in [0.05, 0.1) is 0 Å². The van der Waals surface area contributed by atoms with Crippen molar-refractivity contribution in [2.45, 2.75) is 19.3 Å². The van der Waals surface area contributed by atoms with Crippen LogP contribution in [-0.2, 0) is 0 Å². The molecule has 1 fully saturated rings. The van der Waals surface area contributed by atoms with Crippen molar-refractivity contribution in [3.8, 4) is 0 Å². The molecule has 0 spiro atoms. The molecule has 1 aromatic rings. The Morgan fingerprint density at radius 2 is 2.13 bits per heavy atom. The first kappa shape index (κ1) is 11.3. The molecule has 1 aromatic carbocycles. The van der Waals surface area contributed by atoms with E-state index in [1.54, 1.807) is 0 Å². The maximum absolute atomic E-state index is 6.22. The molecule has 2 unspecified atom stereocenters.